The average molecular weight is 483 g/mol. The summed E-state index contributed by atoms with van der Waals surface area (Å²) in [5, 5.41) is 15.6. The quantitative estimate of drug-likeness (QED) is 0.333. The van der Waals surface area contributed by atoms with E-state index >= 15 is 0 Å². The number of carbonyl (C=O) groups excluding carboxylic acids is 1. The normalized spacial score (nSPS) is 11.9. The predicted molar refractivity (Wildman–Crippen MR) is 134 cm³/mol. The van der Waals surface area contributed by atoms with Crippen LogP contribution in [0, 0.1) is 18.3 Å². The molecule has 0 fully saturated rings. The van der Waals surface area contributed by atoms with Crippen LogP contribution in [0.1, 0.15) is 46.0 Å². The number of nitrogens with zero attached hydrogens (tertiary/aromatic N) is 4. The number of rotatable bonds is 6. The van der Waals surface area contributed by atoms with Crippen LogP contribution in [0.15, 0.2) is 60.0 Å². The number of H-pyrrole nitrogens is 1. The van der Waals surface area contributed by atoms with Crippen molar-refractivity contribution in [3.8, 4) is 22.3 Å². The Morgan fingerprint density at radius 3 is 2.74 bits per heavy atom. The standard InChI is InChI=1S/C26H22N6O2S/c1-3-34-26(33)19-13-21(22-5-4-12-35-22)32(31-19)20-11-10-18-24(15(20)2)30-25(29-18)23(28)17-8-6-16(14-27)7-9-17/h4-13,23H,3,28H2,1-2H3,(H,29,30). The first-order chi connectivity index (χ1) is 17.0. The number of fused-ring (bicyclic) bond motifs is 1. The maximum Gasteiger partial charge on any atom is 0.358 e. The van der Waals surface area contributed by atoms with Gasteiger partial charge in [0.1, 0.15) is 5.82 Å². The van der Waals surface area contributed by atoms with Gasteiger partial charge in [-0.25, -0.2) is 14.5 Å². The third-order valence-corrected chi connectivity index (χ3v) is 6.68. The second kappa shape index (κ2) is 9.18. The lowest BCUT2D eigenvalue weighted by Gasteiger charge is -2.10. The number of carbonyl (C=O) groups is 1. The fourth-order valence-electron chi connectivity index (χ4n) is 3.99. The summed E-state index contributed by atoms with van der Waals surface area (Å²) in [6.45, 7) is 4.02. The van der Waals surface area contributed by atoms with E-state index in [1.54, 1.807) is 41.1 Å². The van der Waals surface area contributed by atoms with E-state index in [9.17, 15) is 4.79 Å². The molecular formula is C26H22N6O2S. The van der Waals surface area contributed by atoms with Gasteiger partial charge in [-0.1, -0.05) is 18.2 Å². The van der Waals surface area contributed by atoms with Crippen LogP contribution in [0.5, 0.6) is 0 Å². The maximum absolute atomic E-state index is 12.4. The molecule has 35 heavy (non-hydrogen) atoms. The van der Waals surface area contributed by atoms with Crippen molar-refractivity contribution in [1.29, 1.82) is 5.26 Å². The zero-order valence-corrected chi connectivity index (χ0v) is 20.0. The summed E-state index contributed by atoms with van der Waals surface area (Å²) in [6.07, 6.45) is 0. The summed E-state index contributed by atoms with van der Waals surface area (Å²) in [5.41, 5.74) is 12.3. The van der Waals surface area contributed by atoms with Gasteiger partial charge in [0.25, 0.3) is 0 Å². The highest BCUT2D eigenvalue weighted by atomic mass is 32.1. The Kier molecular flexibility index (Phi) is 5.91. The van der Waals surface area contributed by atoms with Gasteiger partial charge in [-0.15, -0.1) is 11.3 Å². The molecule has 9 heteroatoms. The number of nitrogens with two attached hydrogens (primary N) is 1. The van der Waals surface area contributed by atoms with Crippen LogP contribution < -0.4 is 5.73 Å². The molecular weight excluding hydrogens is 460 g/mol. The predicted octanol–water partition coefficient (Wildman–Crippen LogP) is 4.88. The second-order valence-electron chi connectivity index (χ2n) is 7.96. The van der Waals surface area contributed by atoms with Crippen molar-refractivity contribution in [3.05, 3.63) is 88.2 Å². The zero-order chi connectivity index (χ0) is 24.5. The van der Waals surface area contributed by atoms with E-state index in [1.807, 2.05) is 48.7 Å². The summed E-state index contributed by atoms with van der Waals surface area (Å²) in [6, 6.07) is 18.4. The molecule has 0 aliphatic rings. The number of aromatic amines is 1. The van der Waals surface area contributed by atoms with Crippen molar-refractivity contribution in [2.45, 2.75) is 19.9 Å². The monoisotopic (exact) mass is 482 g/mol. The van der Waals surface area contributed by atoms with Gasteiger partial charge in [0.05, 0.1) is 51.6 Å². The molecule has 3 heterocycles. The molecule has 0 saturated carbocycles. The third kappa shape index (κ3) is 4.10. The van der Waals surface area contributed by atoms with Crippen molar-refractivity contribution in [1.82, 2.24) is 19.7 Å². The Morgan fingerprint density at radius 1 is 1.26 bits per heavy atom. The van der Waals surface area contributed by atoms with Gasteiger partial charge in [-0.3, -0.25) is 0 Å². The molecule has 8 nitrogen and oxygen atoms in total. The lowest BCUT2D eigenvalue weighted by Crippen LogP contribution is -2.13. The topological polar surface area (TPSA) is 123 Å². The molecule has 5 aromatic rings. The molecule has 0 bridgehead atoms. The van der Waals surface area contributed by atoms with Crippen molar-refractivity contribution in [3.63, 3.8) is 0 Å². The third-order valence-electron chi connectivity index (χ3n) is 5.79. The smallest absolute Gasteiger partial charge is 0.358 e. The molecule has 0 spiro atoms. The summed E-state index contributed by atoms with van der Waals surface area (Å²) in [4.78, 5) is 21.5. The number of aromatic nitrogens is 4. The van der Waals surface area contributed by atoms with E-state index < -0.39 is 12.0 Å². The Morgan fingerprint density at radius 2 is 2.06 bits per heavy atom. The Balaban J connectivity index is 1.58. The molecule has 0 aliphatic heterocycles. The van der Waals surface area contributed by atoms with Crippen LogP contribution in [-0.4, -0.2) is 32.3 Å². The van der Waals surface area contributed by atoms with Gasteiger partial charge in [-0.2, -0.15) is 10.4 Å². The minimum Gasteiger partial charge on any atom is -0.461 e. The van der Waals surface area contributed by atoms with Gasteiger partial charge in [-0.05, 0) is 55.1 Å². The number of hydrogen-bond acceptors (Lipinski definition) is 7. The number of benzene rings is 2. The number of imidazole rings is 1. The number of hydrogen-bond donors (Lipinski definition) is 2. The highest BCUT2D eigenvalue weighted by molar-refractivity contribution is 7.13. The summed E-state index contributed by atoms with van der Waals surface area (Å²) in [7, 11) is 0. The van der Waals surface area contributed by atoms with E-state index in [0.29, 0.717) is 11.4 Å². The maximum atomic E-state index is 12.4. The van der Waals surface area contributed by atoms with Crippen LogP contribution in [-0.2, 0) is 4.74 Å². The van der Waals surface area contributed by atoms with Gasteiger partial charge >= 0.3 is 5.97 Å². The summed E-state index contributed by atoms with van der Waals surface area (Å²) >= 11 is 1.57. The minimum absolute atomic E-state index is 0.250. The number of thiophene rings is 1. The van der Waals surface area contributed by atoms with Crippen LogP contribution >= 0.6 is 11.3 Å². The number of aryl methyl sites for hydroxylation is 1. The lowest BCUT2D eigenvalue weighted by atomic mass is 10.1. The molecule has 0 amide bonds. The average Bonchev–Trinajstić information content (AvgIpc) is 3.63. The number of nitriles is 1. The van der Waals surface area contributed by atoms with E-state index in [2.05, 4.69) is 16.2 Å². The van der Waals surface area contributed by atoms with Gasteiger partial charge in [0, 0.05) is 11.6 Å². The molecule has 1 atom stereocenters. The first-order valence-electron chi connectivity index (χ1n) is 11.1. The molecule has 2 aromatic carbocycles. The van der Waals surface area contributed by atoms with Crippen LogP contribution in [0.25, 0.3) is 27.3 Å². The van der Waals surface area contributed by atoms with Gasteiger partial charge < -0.3 is 15.5 Å². The molecule has 0 saturated heterocycles. The van der Waals surface area contributed by atoms with Crippen molar-refractivity contribution < 1.29 is 9.53 Å². The van der Waals surface area contributed by atoms with Crippen LogP contribution in [0.3, 0.4) is 0 Å². The van der Waals surface area contributed by atoms with Gasteiger partial charge in [0.15, 0.2) is 5.69 Å². The molecule has 174 valence electrons. The molecule has 1 unspecified atom stereocenters. The van der Waals surface area contributed by atoms with Crippen molar-refractivity contribution >= 4 is 28.3 Å². The minimum atomic E-state index is -0.472. The lowest BCUT2D eigenvalue weighted by molar-refractivity contribution is 0.0519. The van der Waals surface area contributed by atoms with Crippen molar-refractivity contribution in [2.24, 2.45) is 5.73 Å². The largest absolute Gasteiger partial charge is 0.461 e. The van der Waals surface area contributed by atoms with E-state index in [4.69, 9.17) is 20.7 Å². The fraction of sp³-hybridized carbons (Fsp3) is 0.154. The Labute approximate surface area is 205 Å². The first-order valence-corrected chi connectivity index (χ1v) is 11.9. The molecule has 3 N–H and O–H groups in total. The first kappa shape index (κ1) is 22.5. The molecule has 0 aliphatic carbocycles. The number of nitrogens with one attached hydrogen (secondary N) is 1. The summed E-state index contributed by atoms with van der Waals surface area (Å²) in [5.74, 6) is 0.161. The van der Waals surface area contributed by atoms with Gasteiger partial charge in [0.2, 0.25) is 0 Å². The molecule has 0 radical (unpaired) electrons. The zero-order valence-electron chi connectivity index (χ0n) is 19.1. The summed E-state index contributed by atoms with van der Waals surface area (Å²) < 4.78 is 6.94. The van der Waals surface area contributed by atoms with Crippen molar-refractivity contribution in [2.75, 3.05) is 6.61 Å². The SMILES string of the molecule is CCOC(=O)c1cc(-c2cccs2)n(-c2ccc3[nH]c(C(N)c4ccc(C#N)cc4)nc3c2C)n1. The van der Waals surface area contributed by atoms with E-state index in [-0.39, 0.29) is 12.3 Å². The molecule has 5 rings (SSSR count). The Bertz CT molecular complexity index is 1560. The number of esters is 1. The van der Waals surface area contributed by atoms with E-state index in [1.165, 1.54) is 0 Å². The second-order valence-corrected chi connectivity index (χ2v) is 8.91. The highest BCUT2D eigenvalue weighted by Gasteiger charge is 2.21. The van der Waals surface area contributed by atoms with Crippen LogP contribution in [0.4, 0.5) is 0 Å². The van der Waals surface area contributed by atoms with Crippen LogP contribution in [0.2, 0.25) is 0 Å². The highest BCUT2D eigenvalue weighted by Crippen LogP contribution is 2.32. The number of ether oxygens (including phenoxy) is 1. The van der Waals surface area contributed by atoms with E-state index in [0.717, 1.165) is 38.4 Å². The fourth-order valence-corrected chi connectivity index (χ4v) is 4.72. The Hall–Kier alpha value is -4.26. The molecule has 3 aromatic heterocycles.